The first-order chi connectivity index (χ1) is 10.8. The van der Waals surface area contributed by atoms with Gasteiger partial charge in [0.1, 0.15) is 11.8 Å². The predicted molar refractivity (Wildman–Crippen MR) is 87.1 cm³/mol. The van der Waals surface area contributed by atoms with Crippen molar-refractivity contribution in [2.75, 3.05) is 7.11 Å². The van der Waals surface area contributed by atoms with Crippen molar-refractivity contribution in [3.05, 3.63) is 36.4 Å². The molecule has 0 radical (unpaired) electrons. The van der Waals surface area contributed by atoms with Gasteiger partial charge in [-0.15, -0.1) is 0 Å². The number of hydrogen-bond donors (Lipinski definition) is 2. The van der Waals surface area contributed by atoms with Crippen LogP contribution in [0.15, 0.2) is 41.3 Å². The molecule has 0 spiro atoms. The van der Waals surface area contributed by atoms with E-state index in [4.69, 9.17) is 4.74 Å². The van der Waals surface area contributed by atoms with Gasteiger partial charge in [-0.3, -0.25) is 4.79 Å². The summed E-state index contributed by atoms with van der Waals surface area (Å²) in [5.74, 6) is -1.04. The van der Waals surface area contributed by atoms with Crippen LogP contribution in [0.4, 0.5) is 0 Å². The number of ether oxygens (including phenoxy) is 1. The molecule has 7 heteroatoms. The van der Waals surface area contributed by atoms with Gasteiger partial charge in [-0.05, 0) is 18.1 Å². The van der Waals surface area contributed by atoms with Gasteiger partial charge in [-0.1, -0.05) is 38.1 Å². The topological polar surface area (TPSA) is 92.7 Å². The lowest BCUT2D eigenvalue weighted by Gasteiger charge is -2.19. The van der Waals surface area contributed by atoms with Gasteiger partial charge in [0.05, 0.1) is 12.0 Å². The van der Waals surface area contributed by atoms with Crippen LogP contribution in [0.25, 0.3) is 10.8 Å². The minimum atomic E-state index is -3.99. The molecule has 0 aliphatic rings. The van der Waals surface area contributed by atoms with Crippen LogP contribution in [0.5, 0.6) is 5.75 Å². The van der Waals surface area contributed by atoms with Crippen LogP contribution in [0.3, 0.4) is 0 Å². The van der Waals surface area contributed by atoms with Crippen LogP contribution >= 0.6 is 0 Å². The summed E-state index contributed by atoms with van der Waals surface area (Å²) in [7, 11) is -2.48. The number of carboxylic acids is 1. The first-order valence-corrected chi connectivity index (χ1v) is 8.57. The van der Waals surface area contributed by atoms with E-state index in [1.165, 1.54) is 13.2 Å². The second-order valence-corrected chi connectivity index (χ2v) is 7.18. The molecule has 1 atom stereocenters. The van der Waals surface area contributed by atoms with Crippen LogP contribution < -0.4 is 9.46 Å². The molecule has 0 fully saturated rings. The Kier molecular flexibility index (Phi) is 4.91. The number of methoxy groups -OCH3 is 1. The number of fused-ring (bicyclic) bond motifs is 1. The summed E-state index contributed by atoms with van der Waals surface area (Å²) in [6.45, 7) is 3.29. The highest BCUT2D eigenvalue weighted by atomic mass is 32.2. The smallest absolute Gasteiger partial charge is 0.322 e. The van der Waals surface area contributed by atoms with Gasteiger partial charge in [-0.2, -0.15) is 4.72 Å². The van der Waals surface area contributed by atoms with Gasteiger partial charge >= 0.3 is 5.97 Å². The Labute approximate surface area is 135 Å². The molecule has 2 rings (SSSR count). The van der Waals surface area contributed by atoms with E-state index in [-0.39, 0.29) is 10.8 Å². The summed E-state index contributed by atoms with van der Waals surface area (Å²) in [6.07, 6.45) is 0. The molecule has 0 amide bonds. The molecule has 2 N–H and O–H groups in total. The molecule has 0 aliphatic heterocycles. The maximum atomic E-state index is 12.6. The zero-order chi connectivity index (χ0) is 17.2. The Morgan fingerprint density at radius 2 is 1.74 bits per heavy atom. The van der Waals surface area contributed by atoms with Gasteiger partial charge in [0.15, 0.2) is 0 Å². The molecule has 6 nitrogen and oxygen atoms in total. The highest BCUT2D eigenvalue weighted by molar-refractivity contribution is 7.89. The van der Waals surface area contributed by atoms with Gasteiger partial charge in [0.25, 0.3) is 0 Å². The number of rotatable bonds is 6. The fourth-order valence-electron chi connectivity index (χ4n) is 2.36. The molecule has 0 aromatic heterocycles. The van der Waals surface area contributed by atoms with Crippen LogP contribution in [-0.4, -0.2) is 32.6 Å². The molecule has 124 valence electrons. The zero-order valence-electron chi connectivity index (χ0n) is 13.1. The lowest BCUT2D eigenvalue weighted by Crippen LogP contribution is -2.44. The lowest BCUT2D eigenvalue weighted by atomic mass is 10.1. The first kappa shape index (κ1) is 17.2. The molecule has 0 unspecified atom stereocenters. The van der Waals surface area contributed by atoms with Crippen molar-refractivity contribution >= 4 is 26.8 Å². The number of sulfonamides is 1. The SMILES string of the molecule is COc1ccc(S(=O)(=O)N[C@@H](C(=O)O)C(C)C)c2ccccc12. The molecule has 0 saturated carbocycles. The standard InChI is InChI=1S/C16H19NO5S/c1-10(2)15(16(18)19)17-23(20,21)14-9-8-13(22-3)11-6-4-5-7-12(11)14/h4-10,15,17H,1-3H3,(H,18,19)/t15-/m1/s1. The maximum absolute atomic E-state index is 12.6. The van der Waals surface area contributed by atoms with E-state index in [9.17, 15) is 18.3 Å². The fourth-order valence-corrected chi connectivity index (χ4v) is 3.91. The molecule has 0 saturated heterocycles. The van der Waals surface area contributed by atoms with Crippen LogP contribution in [0, 0.1) is 5.92 Å². The number of carboxylic acid groups (broad SMARTS) is 1. The summed E-state index contributed by atoms with van der Waals surface area (Å²) in [4.78, 5) is 11.3. The number of carbonyl (C=O) groups is 1. The number of hydrogen-bond acceptors (Lipinski definition) is 4. The molecule has 0 bridgehead atoms. The van der Waals surface area contributed by atoms with E-state index in [0.717, 1.165) is 0 Å². The Bertz CT molecular complexity index is 829. The number of nitrogens with one attached hydrogen (secondary N) is 1. The van der Waals surface area contributed by atoms with E-state index in [2.05, 4.69) is 4.72 Å². The lowest BCUT2D eigenvalue weighted by molar-refractivity contribution is -0.140. The summed E-state index contributed by atoms with van der Waals surface area (Å²) in [5.41, 5.74) is 0. The Morgan fingerprint density at radius 1 is 1.13 bits per heavy atom. The van der Waals surface area contributed by atoms with Crippen molar-refractivity contribution in [1.82, 2.24) is 4.72 Å². The molecular weight excluding hydrogens is 318 g/mol. The third kappa shape index (κ3) is 3.46. The second kappa shape index (κ2) is 6.55. The molecule has 2 aromatic rings. The predicted octanol–water partition coefficient (Wildman–Crippen LogP) is 2.24. The third-order valence-corrected chi connectivity index (χ3v) is 5.07. The van der Waals surface area contributed by atoms with Crippen molar-refractivity contribution in [3.63, 3.8) is 0 Å². The summed E-state index contributed by atoms with van der Waals surface area (Å²) >= 11 is 0. The van der Waals surface area contributed by atoms with Gasteiger partial charge in [0.2, 0.25) is 10.0 Å². The average molecular weight is 337 g/mol. The summed E-state index contributed by atoms with van der Waals surface area (Å²) in [5, 5.41) is 10.3. The van der Waals surface area contributed by atoms with E-state index in [0.29, 0.717) is 16.5 Å². The van der Waals surface area contributed by atoms with E-state index in [1.807, 2.05) is 0 Å². The first-order valence-electron chi connectivity index (χ1n) is 7.09. The Balaban J connectivity index is 2.57. The van der Waals surface area contributed by atoms with Gasteiger partial charge in [-0.25, -0.2) is 8.42 Å². The monoisotopic (exact) mass is 337 g/mol. The zero-order valence-corrected chi connectivity index (χ0v) is 13.9. The van der Waals surface area contributed by atoms with Gasteiger partial charge in [0, 0.05) is 10.8 Å². The third-order valence-electron chi connectivity index (χ3n) is 3.57. The normalized spacial score (nSPS) is 13.2. The van der Waals surface area contributed by atoms with Crippen LogP contribution in [0.2, 0.25) is 0 Å². The molecule has 0 aliphatic carbocycles. The van der Waals surface area contributed by atoms with E-state index in [1.54, 1.807) is 44.2 Å². The maximum Gasteiger partial charge on any atom is 0.322 e. The minimum Gasteiger partial charge on any atom is -0.496 e. The van der Waals surface area contributed by atoms with Crippen molar-refractivity contribution in [1.29, 1.82) is 0 Å². The van der Waals surface area contributed by atoms with Crippen molar-refractivity contribution in [2.45, 2.75) is 24.8 Å². The Morgan fingerprint density at radius 3 is 2.26 bits per heavy atom. The molecular formula is C16H19NO5S. The van der Waals surface area contributed by atoms with Gasteiger partial charge < -0.3 is 9.84 Å². The van der Waals surface area contributed by atoms with E-state index >= 15 is 0 Å². The molecule has 23 heavy (non-hydrogen) atoms. The second-order valence-electron chi connectivity index (χ2n) is 5.49. The average Bonchev–Trinajstić information content (AvgIpc) is 2.51. The summed E-state index contributed by atoms with van der Waals surface area (Å²) < 4.78 is 32.8. The van der Waals surface area contributed by atoms with Crippen molar-refractivity contribution < 1.29 is 23.1 Å². The molecule has 0 heterocycles. The van der Waals surface area contributed by atoms with Crippen LogP contribution in [-0.2, 0) is 14.8 Å². The summed E-state index contributed by atoms with van der Waals surface area (Å²) in [6, 6.07) is 8.70. The molecule has 2 aromatic carbocycles. The minimum absolute atomic E-state index is 0.0285. The fraction of sp³-hybridized carbons (Fsp3) is 0.312. The number of benzene rings is 2. The van der Waals surface area contributed by atoms with E-state index < -0.39 is 22.0 Å². The van der Waals surface area contributed by atoms with Crippen molar-refractivity contribution in [3.8, 4) is 5.75 Å². The quantitative estimate of drug-likeness (QED) is 0.843. The largest absolute Gasteiger partial charge is 0.496 e. The highest BCUT2D eigenvalue weighted by Crippen LogP contribution is 2.31. The van der Waals surface area contributed by atoms with Crippen LogP contribution in [0.1, 0.15) is 13.8 Å². The highest BCUT2D eigenvalue weighted by Gasteiger charge is 2.29. The van der Waals surface area contributed by atoms with Crippen molar-refractivity contribution in [2.24, 2.45) is 5.92 Å². The Hall–Kier alpha value is -2.12. The number of aliphatic carboxylic acids is 1.